The van der Waals surface area contributed by atoms with Crippen molar-refractivity contribution in [2.45, 2.75) is 0 Å². The zero-order chi connectivity index (χ0) is 14.7. The highest BCUT2D eigenvalue weighted by atomic mass is 32.1. The first-order valence-electron chi connectivity index (χ1n) is 6.88. The van der Waals surface area contributed by atoms with Crippen LogP contribution in [0.1, 0.15) is 10.4 Å². The van der Waals surface area contributed by atoms with Crippen molar-refractivity contribution in [3.63, 3.8) is 0 Å². The van der Waals surface area contributed by atoms with E-state index in [0.29, 0.717) is 12.1 Å². The summed E-state index contributed by atoms with van der Waals surface area (Å²) < 4.78 is 12.9. The molecule has 1 fully saturated rings. The second kappa shape index (κ2) is 6.32. The molecule has 0 unspecified atom stereocenters. The monoisotopic (exact) mass is 305 g/mol. The molecule has 0 spiro atoms. The van der Waals surface area contributed by atoms with Gasteiger partial charge in [0.2, 0.25) is 0 Å². The molecule has 2 aromatic rings. The Hall–Kier alpha value is -1.79. The zero-order valence-corrected chi connectivity index (χ0v) is 12.4. The lowest BCUT2D eigenvalue weighted by molar-refractivity contribution is 0.0926. The summed E-state index contributed by atoms with van der Waals surface area (Å²) in [7, 11) is 0. The predicted molar refractivity (Wildman–Crippen MR) is 81.5 cm³/mol. The molecule has 2 heterocycles. The quantitative estimate of drug-likeness (QED) is 0.812. The molecule has 21 heavy (non-hydrogen) atoms. The highest BCUT2D eigenvalue weighted by molar-refractivity contribution is 7.13. The first-order valence-corrected chi connectivity index (χ1v) is 7.76. The summed E-state index contributed by atoms with van der Waals surface area (Å²) in [5.74, 6) is -0.277. The van der Waals surface area contributed by atoms with Gasteiger partial charge in [0.05, 0.1) is 6.54 Å². The molecule has 3 rings (SSSR count). The average molecular weight is 305 g/mol. The van der Waals surface area contributed by atoms with Crippen LogP contribution >= 0.6 is 11.3 Å². The van der Waals surface area contributed by atoms with E-state index in [0.717, 1.165) is 31.3 Å². The van der Waals surface area contributed by atoms with Crippen LogP contribution in [0.5, 0.6) is 0 Å². The Labute approximate surface area is 126 Å². The molecule has 1 aromatic heterocycles. The minimum absolute atomic E-state index is 0.0395. The van der Waals surface area contributed by atoms with Crippen molar-refractivity contribution in [3.8, 4) is 0 Å². The second-order valence-corrected chi connectivity index (χ2v) is 5.88. The summed E-state index contributed by atoms with van der Waals surface area (Å²) in [4.78, 5) is 20.8. The second-order valence-electron chi connectivity index (χ2n) is 5.01. The number of Topliss-reactive ketones (excluding diaryl/α,β-unsaturated/α-hetero) is 1. The Morgan fingerprint density at radius 1 is 1.19 bits per heavy atom. The standard InChI is InChI=1S/C15H16FN3OS/c16-13-3-1-12(2-4-13)14(20)11-18-6-8-19(9-7-18)15-17-5-10-21-15/h1-5,10H,6-9,11H2. The lowest BCUT2D eigenvalue weighted by Crippen LogP contribution is -2.48. The van der Waals surface area contributed by atoms with E-state index < -0.39 is 0 Å². The molecule has 1 aromatic carbocycles. The number of hydrogen-bond acceptors (Lipinski definition) is 5. The summed E-state index contributed by atoms with van der Waals surface area (Å²) in [6.45, 7) is 3.82. The van der Waals surface area contributed by atoms with Crippen LogP contribution in [0.15, 0.2) is 35.8 Å². The van der Waals surface area contributed by atoms with E-state index in [2.05, 4.69) is 14.8 Å². The Kier molecular flexibility index (Phi) is 4.26. The summed E-state index contributed by atoms with van der Waals surface area (Å²) in [6.07, 6.45) is 1.81. The zero-order valence-electron chi connectivity index (χ0n) is 11.5. The molecule has 110 valence electrons. The number of carbonyl (C=O) groups is 1. The van der Waals surface area contributed by atoms with Crippen LogP contribution in [0, 0.1) is 5.82 Å². The van der Waals surface area contributed by atoms with Crippen molar-refractivity contribution in [1.82, 2.24) is 9.88 Å². The van der Waals surface area contributed by atoms with Gasteiger partial charge in [-0.25, -0.2) is 9.37 Å². The molecule has 0 saturated carbocycles. The lowest BCUT2D eigenvalue weighted by atomic mass is 10.1. The van der Waals surface area contributed by atoms with Gasteiger partial charge in [-0.3, -0.25) is 9.69 Å². The molecule has 4 nitrogen and oxygen atoms in total. The van der Waals surface area contributed by atoms with E-state index in [1.54, 1.807) is 23.5 Å². The van der Waals surface area contributed by atoms with Gasteiger partial charge in [-0.1, -0.05) is 0 Å². The van der Waals surface area contributed by atoms with Gasteiger partial charge in [-0.15, -0.1) is 11.3 Å². The van der Waals surface area contributed by atoms with E-state index in [9.17, 15) is 9.18 Å². The van der Waals surface area contributed by atoms with Gasteiger partial charge in [0.1, 0.15) is 5.82 Å². The summed E-state index contributed by atoms with van der Waals surface area (Å²) in [6, 6.07) is 5.74. The minimum atomic E-state index is -0.316. The van der Waals surface area contributed by atoms with Gasteiger partial charge >= 0.3 is 0 Å². The summed E-state index contributed by atoms with van der Waals surface area (Å²) in [5.41, 5.74) is 0.568. The van der Waals surface area contributed by atoms with Gasteiger partial charge in [-0.2, -0.15) is 0 Å². The van der Waals surface area contributed by atoms with Gasteiger partial charge in [-0.05, 0) is 24.3 Å². The van der Waals surface area contributed by atoms with E-state index in [1.807, 2.05) is 11.6 Å². The maximum atomic E-state index is 12.9. The number of halogens is 1. The van der Waals surface area contributed by atoms with E-state index in [-0.39, 0.29) is 11.6 Å². The first kappa shape index (κ1) is 14.2. The maximum absolute atomic E-state index is 12.9. The number of nitrogens with zero attached hydrogens (tertiary/aromatic N) is 3. The van der Waals surface area contributed by atoms with E-state index in [1.165, 1.54) is 12.1 Å². The Balaban J connectivity index is 1.53. The molecule has 0 aliphatic carbocycles. The number of hydrogen-bond donors (Lipinski definition) is 0. The van der Waals surface area contributed by atoms with Crippen LogP contribution in [0.25, 0.3) is 0 Å². The largest absolute Gasteiger partial charge is 0.346 e. The predicted octanol–water partition coefficient (Wildman–Crippen LogP) is 2.29. The maximum Gasteiger partial charge on any atom is 0.185 e. The van der Waals surface area contributed by atoms with Gasteiger partial charge in [0.25, 0.3) is 0 Å². The van der Waals surface area contributed by atoms with Gasteiger partial charge < -0.3 is 4.90 Å². The van der Waals surface area contributed by atoms with Crippen LogP contribution in [0.2, 0.25) is 0 Å². The van der Waals surface area contributed by atoms with Crippen LogP contribution in [0.3, 0.4) is 0 Å². The molecular formula is C15H16FN3OS. The Morgan fingerprint density at radius 2 is 1.90 bits per heavy atom. The molecule has 0 amide bonds. The topological polar surface area (TPSA) is 36.4 Å². The van der Waals surface area contributed by atoms with Crippen molar-refractivity contribution >= 4 is 22.3 Å². The number of ketones is 1. The van der Waals surface area contributed by atoms with Crippen molar-refractivity contribution in [2.75, 3.05) is 37.6 Å². The van der Waals surface area contributed by atoms with Crippen LogP contribution < -0.4 is 4.90 Å². The highest BCUT2D eigenvalue weighted by Gasteiger charge is 2.20. The number of aromatic nitrogens is 1. The Morgan fingerprint density at radius 3 is 2.52 bits per heavy atom. The third-order valence-electron chi connectivity index (χ3n) is 3.60. The van der Waals surface area contributed by atoms with Gasteiger partial charge in [0.15, 0.2) is 10.9 Å². The fraction of sp³-hybridized carbons (Fsp3) is 0.333. The number of rotatable bonds is 4. The smallest absolute Gasteiger partial charge is 0.185 e. The molecule has 0 N–H and O–H groups in total. The number of carbonyl (C=O) groups excluding carboxylic acids is 1. The molecule has 6 heteroatoms. The molecule has 0 atom stereocenters. The van der Waals surface area contributed by atoms with Crippen molar-refractivity contribution in [3.05, 3.63) is 47.2 Å². The SMILES string of the molecule is O=C(CN1CCN(c2nccs2)CC1)c1ccc(F)cc1. The molecule has 1 aliphatic heterocycles. The normalized spacial score (nSPS) is 16.1. The molecule has 1 aliphatic rings. The molecule has 0 radical (unpaired) electrons. The first-order chi connectivity index (χ1) is 10.2. The molecule has 0 bridgehead atoms. The van der Waals surface area contributed by atoms with Crippen molar-refractivity contribution in [1.29, 1.82) is 0 Å². The van der Waals surface area contributed by atoms with E-state index in [4.69, 9.17) is 0 Å². The summed E-state index contributed by atoms with van der Waals surface area (Å²) in [5, 5.41) is 3.01. The van der Waals surface area contributed by atoms with E-state index >= 15 is 0 Å². The van der Waals surface area contributed by atoms with Crippen molar-refractivity contribution in [2.24, 2.45) is 0 Å². The number of anilines is 1. The number of piperazine rings is 1. The third-order valence-corrected chi connectivity index (χ3v) is 4.43. The highest BCUT2D eigenvalue weighted by Crippen LogP contribution is 2.19. The molecule has 1 saturated heterocycles. The van der Waals surface area contributed by atoms with Crippen LogP contribution in [-0.2, 0) is 0 Å². The van der Waals surface area contributed by atoms with Crippen molar-refractivity contribution < 1.29 is 9.18 Å². The third kappa shape index (κ3) is 3.46. The molecular weight excluding hydrogens is 289 g/mol. The lowest BCUT2D eigenvalue weighted by Gasteiger charge is -2.34. The van der Waals surface area contributed by atoms with Gasteiger partial charge in [0, 0.05) is 43.3 Å². The average Bonchev–Trinajstić information content (AvgIpc) is 3.03. The number of thiazole rings is 1. The number of benzene rings is 1. The van der Waals surface area contributed by atoms with Crippen LogP contribution in [-0.4, -0.2) is 48.4 Å². The van der Waals surface area contributed by atoms with Crippen LogP contribution in [0.4, 0.5) is 9.52 Å². The fourth-order valence-corrected chi connectivity index (χ4v) is 3.10. The fourth-order valence-electron chi connectivity index (χ4n) is 2.40. The Bertz CT molecular complexity index is 592. The minimum Gasteiger partial charge on any atom is -0.346 e. The summed E-state index contributed by atoms with van der Waals surface area (Å²) >= 11 is 1.64.